The van der Waals surface area contributed by atoms with Gasteiger partial charge in [-0.15, -0.1) is 0 Å². The van der Waals surface area contributed by atoms with Gasteiger partial charge in [-0.2, -0.15) is 4.90 Å². The van der Waals surface area contributed by atoms with Crippen LogP contribution in [-0.4, -0.2) is 9.38 Å². The van der Waals surface area contributed by atoms with E-state index >= 15 is 0 Å². The van der Waals surface area contributed by atoms with Crippen LogP contribution in [0.3, 0.4) is 0 Å². The van der Waals surface area contributed by atoms with Gasteiger partial charge in [0, 0.05) is 18.6 Å². The van der Waals surface area contributed by atoms with Crippen molar-refractivity contribution in [3.8, 4) is 0 Å². The normalized spacial score (nSPS) is 9.75. The zero-order valence-corrected chi connectivity index (χ0v) is 10.1. The molecule has 0 aliphatic rings. The summed E-state index contributed by atoms with van der Waals surface area (Å²) in [6.45, 7) is 0. The summed E-state index contributed by atoms with van der Waals surface area (Å²) in [5, 5.41) is 0.549. The van der Waals surface area contributed by atoms with E-state index in [4.69, 9.17) is 24.2 Å². The van der Waals surface area contributed by atoms with Crippen molar-refractivity contribution in [2.45, 2.75) is 4.90 Å². The SMILES string of the molecule is [Na+].[S-]c1ccn2ccnc2c1Cl. The van der Waals surface area contributed by atoms with Crippen LogP contribution >= 0.6 is 11.6 Å². The van der Waals surface area contributed by atoms with Crippen LogP contribution in [0.2, 0.25) is 5.02 Å². The number of fused-ring (bicyclic) bond motifs is 1. The van der Waals surface area contributed by atoms with E-state index in [0.29, 0.717) is 9.92 Å². The average molecular weight is 207 g/mol. The van der Waals surface area contributed by atoms with E-state index in [-0.39, 0.29) is 29.6 Å². The topological polar surface area (TPSA) is 17.3 Å². The Morgan fingerprint density at radius 1 is 1.42 bits per heavy atom. The van der Waals surface area contributed by atoms with Crippen molar-refractivity contribution in [3.63, 3.8) is 0 Å². The van der Waals surface area contributed by atoms with Gasteiger partial charge in [0.05, 0.1) is 5.02 Å². The second-order valence-electron chi connectivity index (χ2n) is 2.15. The van der Waals surface area contributed by atoms with Crippen LogP contribution < -0.4 is 29.6 Å². The maximum absolute atomic E-state index is 5.88. The van der Waals surface area contributed by atoms with Gasteiger partial charge in [-0.1, -0.05) is 17.7 Å². The number of halogens is 1. The Morgan fingerprint density at radius 3 is 2.92 bits per heavy atom. The molecule has 0 saturated heterocycles. The van der Waals surface area contributed by atoms with Crippen molar-refractivity contribution in [3.05, 3.63) is 29.7 Å². The molecule has 0 unspecified atom stereocenters. The van der Waals surface area contributed by atoms with Crippen molar-refractivity contribution < 1.29 is 29.6 Å². The third kappa shape index (κ3) is 1.60. The zero-order valence-electron chi connectivity index (χ0n) is 6.49. The molecular formula is C7H4ClN2NaS. The van der Waals surface area contributed by atoms with Gasteiger partial charge in [0.25, 0.3) is 0 Å². The molecule has 12 heavy (non-hydrogen) atoms. The molecule has 56 valence electrons. The van der Waals surface area contributed by atoms with Crippen LogP contribution in [0.1, 0.15) is 0 Å². The fourth-order valence-electron chi connectivity index (χ4n) is 0.935. The Balaban J connectivity index is 0.000000720. The molecule has 0 radical (unpaired) electrons. The molecular weight excluding hydrogens is 203 g/mol. The minimum Gasteiger partial charge on any atom is -0.778 e. The number of hydrogen-bond acceptors (Lipinski definition) is 2. The number of imidazole rings is 1. The fourth-order valence-corrected chi connectivity index (χ4v) is 1.30. The van der Waals surface area contributed by atoms with Crippen molar-refractivity contribution in [2.24, 2.45) is 0 Å². The summed E-state index contributed by atoms with van der Waals surface area (Å²) in [5.74, 6) is 0. The van der Waals surface area contributed by atoms with E-state index < -0.39 is 0 Å². The van der Waals surface area contributed by atoms with Crippen molar-refractivity contribution in [2.75, 3.05) is 0 Å². The van der Waals surface area contributed by atoms with Gasteiger partial charge < -0.3 is 17.0 Å². The summed E-state index contributed by atoms with van der Waals surface area (Å²) in [5.41, 5.74) is 0.721. The first-order valence-corrected chi connectivity index (χ1v) is 3.86. The molecule has 2 heterocycles. The third-order valence-electron chi connectivity index (χ3n) is 1.47. The largest absolute Gasteiger partial charge is 1.00 e. The molecule has 2 aromatic rings. The molecule has 2 aromatic heterocycles. The predicted molar refractivity (Wildman–Crippen MR) is 45.8 cm³/mol. The smallest absolute Gasteiger partial charge is 0.778 e. The third-order valence-corrected chi connectivity index (χ3v) is 2.29. The van der Waals surface area contributed by atoms with E-state index in [1.807, 2.05) is 16.8 Å². The van der Waals surface area contributed by atoms with E-state index in [0.717, 1.165) is 5.65 Å². The van der Waals surface area contributed by atoms with Crippen molar-refractivity contribution in [1.82, 2.24) is 9.38 Å². The molecule has 0 aliphatic heterocycles. The van der Waals surface area contributed by atoms with Gasteiger partial charge >= 0.3 is 29.6 Å². The second-order valence-corrected chi connectivity index (χ2v) is 2.97. The van der Waals surface area contributed by atoms with Gasteiger partial charge in [-0.05, 0) is 0 Å². The van der Waals surface area contributed by atoms with Crippen LogP contribution in [-0.2, 0) is 12.6 Å². The number of pyridine rings is 1. The summed E-state index contributed by atoms with van der Waals surface area (Å²) >= 11 is 10.8. The standard InChI is InChI=1S/C7H5ClN2S.Na/c8-6-5(11)1-3-10-4-2-9-7(6)10;/h1-4,11H;/q;+1/p-1. The Hall–Kier alpha value is 0.200. The van der Waals surface area contributed by atoms with Crippen molar-refractivity contribution >= 4 is 29.9 Å². The van der Waals surface area contributed by atoms with Gasteiger partial charge in [-0.3, -0.25) is 0 Å². The Labute approximate surface area is 103 Å². The quantitative estimate of drug-likeness (QED) is 0.402. The van der Waals surface area contributed by atoms with Gasteiger partial charge in [0.2, 0.25) is 0 Å². The van der Waals surface area contributed by atoms with Crippen LogP contribution in [0.25, 0.3) is 5.65 Å². The van der Waals surface area contributed by atoms with Crippen LogP contribution in [0, 0.1) is 0 Å². The van der Waals surface area contributed by atoms with E-state index in [1.165, 1.54) is 0 Å². The first-order valence-electron chi connectivity index (χ1n) is 3.07. The van der Waals surface area contributed by atoms with E-state index in [2.05, 4.69) is 4.98 Å². The Kier molecular flexibility index (Phi) is 3.37. The number of rotatable bonds is 0. The summed E-state index contributed by atoms with van der Waals surface area (Å²) in [6.07, 6.45) is 5.36. The minimum absolute atomic E-state index is 0. The number of aromatic nitrogens is 2. The summed E-state index contributed by atoms with van der Waals surface area (Å²) in [7, 11) is 0. The zero-order chi connectivity index (χ0) is 7.84. The summed E-state index contributed by atoms with van der Waals surface area (Å²) < 4.78 is 1.83. The summed E-state index contributed by atoms with van der Waals surface area (Å²) in [6, 6.07) is 1.78. The fraction of sp³-hybridized carbons (Fsp3) is 0. The molecule has 0 spiro atoms. The van der Waals surface area contributed by atoms with E-state index in [1.54, 1.807) is 12.3 Å². The molecule has 0 atom stereocenters. The van der Waals surface area contributed by atoms with Crippen LogP contribution in [0.4, 0.5) is 0 Å². The number of nitrogens with zero attached hydrogens (tertiary/aromatic N) is 2. The molecule has 5 heteroatoms. The molecule has 0 aliphatic carbocycles. The average Bonchev–Trinajstić information content (AvgIpc) is 2.45. The molecule has 0 amide bonds. The monoisotopic (exact) mass is 206 g/mol. The molecule has 0 fully saturated rings. The molecule has 2 nitrogen and oxygen atoms in total. The second kappa shape index (κ2) is 3.94. The molecule has 0 saturated carbocycles. The maximum atomic E-state index is 5.88. The van der Waals surface area contributed by atoms with Crippen molar-refractivity contribution in [1.29, 1.82) is 0 Å². The molecule has 0 bridgehead atoms. The minimum atomic E-state index is 0. The van der Waals surface area contributed by atoms with Gasteiger partial charge in [-0.25, -0.2) is 4.98 Å². The Bertz CT molecular complexity index is 401. The first-order chi connectivity index (χ1) is 5.29. The first kappa shape index (κ1) is 10.3. The van der Waals surface area contributed by atoms with Gasteiger partial charge in [0.1, 0.15) is 0 Å². The summed E-state index contributed by atoms with van der Waals surface area (Å²) in [4.78, 5) is 4.69. The Morgan fingerprint density at radius 2 is 2.17 bits per heavy atom. The molecule has 0 N–H and O–H groups in total. The van der Waals surface area contributed by atoms with Crippen LogP contribution in [0.15, 0.2) is 29.6 Å². The molecule has 2 rings (SSSR count). The van der Waals surface area contributed by atoms with Gasteiger partial charge in [0.15, 0.2) is 5.65 Å². The maximum Gasteiger partial charge on any atom is 1.00 e. The van der Waals surface area contributed by atoms with Crippen LogP contribution in [0.5, 0.6) is 0 Å². The molecule has 0 aromatic carbocycles. The number of hydrogen-bond donors (Lipinski definition) is 0. The predicted octanol–water partition coefficient (Wildman–Crippen LogP) is -1.10. The van der Waals surface area contributed by atoms with E-state index in [9.17, 15) is 0 Å².